The molecule has 1 spiro atoms. The van der Waals surface area contributed by atoms with E-state index in [4.69, 9.17) is 18.9 Å². The minimum atomic E-state index is -1.06. The Kier molecular flexibility index (Phi) is 4.33. The summed E-state index contributed by atoms with van der Waals surface area (Å²) in [6.07, 6.45) is 1.62. The first-order valence-electron chi connectivity index (χ1n) is 9.09. The average molecular weight is 364 g/mol. The molecule has 0 amide bonds. The van der Waals surface area contributed by atoms with Crippen LogP contribution in [0.3, 0.4) is 0 Å². The van der Waals surface area contributed by atoms with Gasteiger partial charge in [0.2, 0.25) is 0 Å². The van der Waals surface area contributed by atoms with Gasteiger partial charge in [0.05, 0.1) is 13.2 Å². The number of phenols is 1. The molecule has 1 aromatic carbocycles. The van der Waals surface area contributed by atoms with Crippen molar-refractivity contribution < 1.29 is 34.0 Å². The molecule has 3 heterocycles. The summed E-state index contributed by atoms with van der Waals surface area (Å²) < 4.78 is 23.0. The molecule has 26 heavy (non-hydrogen) atoms. The molecule has 142 valence electrons. The second kappa shape index (κ2) is 6.40. The van der Waals surface area contributed by atoms with E-state index in [2.05, 4.69) is 0 Å². The van der Waals surface area contributed by atoms with Crippen molar-refractivity contribution in [2.45, 2.75) is 69.2 Å². The van der Waals surface area contributed by atoms with Crippen molar-refractivity contribution >= 4 is 5.97 Å². The van der Waals surface area contributed by atoms with Crippen LogP contribution in [0.4, 0.5) is 0 Å². The normalized spacial score (nSPS) is 36.7. The van der Waals surface area contributed by atoms with E-state index in [1.165, 1.54) is 13.2 Å². The second-order valence-corrected chi connectivity index (χ2v) is 7.32. The van der Waals surface area contributed by atoms with E-state index < -0.39 is 30.1 Å². The van der Waals surface area contributed by atoms with E-state index in [1.54, 1.807) is 6.07 Å². The van der Waals surface area contributed by atoms with Crippen LogP contribution in [0.2, 0.25) is 0 Å². The fraction of sp³-hybridized carbons (Fsp3) is 0.632. The molecule has 7 heteroatoms. The molecule has 1 aromatic rings. The number of carbonyl (C=O) groups excluding carboxylic acids is 1. The third-order valence-corrected chi connectivity index (χ3v) is 5.56. The highest BCUT2D eigenvalue weighted by atomic mass is 16.7. The van der Waals surface area contributed by atoms with Crippen LogP contribution in [0.25, 0.3) is 0 Å². The van der Waals surface area contributed by atoms with Gasteiger partial charge in [-0.3, -0.25) is 0 Å². The molecule has 2 fully saturated rings. The highest BCUT2D eigenvalue weighted by Crippen LogP contribution is 2.47. The summed E-state index contributed by atoms with van der Waals surface area (Å²) in [5.41, 5.74) is 0.699. The van der Waals surface area contributed by atoms with Crippen molar-refractivity contribution in [2.75, 3.05) is 7.11 Å². The lowest BCUT2D eigenvalue weighted by Gasteiger charge is -2.48. The topological polar surface area (TPSA) is 94.5 Å². The molecule has 0 aromatic heterocycles. The van der Waals surface area contributed by atoms with E-state index in [0.29, 0.717) is 30.6 Å². The van der Waals surface area contributed by atoms with Crippen molar-refractivity contribution in [1.82, 2.24) is 0 Å². The minimum absolute atomic E-state index is 0.000275. The molecule has 2 saturated heterocycles. The van der Waals surface area contributed by atoms with Crippen LogP contribution >= 0.6 is 0 Å². The second-order valence-electron chi connectivity index (χ2n) is 7.32. The van der Waals surface area contributed by atoms with Crippen LogP contribution in [0.15, 0.2) is 12.1 Å². The maximum Gasteiger partial charge on any atom is 0.343 e. The lowest BCUT2D eigenvalue weighted by atomic mass is 9.88. The van der Waals surface area contributed by atoms with E-state index in [-0.39, 0.29) is 17.4 Å². The average Bonchev–Trinajstić information content (AvgIpc) is 2.94. The summed E-state index contributed by atoms with van der Waals surface area (Å²) in [6, 6.07) is 3.08. The summed E-state index contributed by atoms with van der Waals surface area (Å²) in [5, 5.41) is 20.7. The quantitative estimate of drug-likeness (QED) is 0.778. The van der Waals surface area contributed by atoms with Gasteiger partial charge < -0.3 is 29.2 Å². The number of aliphatic hydroxyl groups is 1. The lowest BCUT2D eigenvalue weighted by Crippen LogP contribution is -2.57. The first-order valence-corrected chi connectivity index (χ1v) is 9.09. The summed E-state index contributed by atoms with van der Waals surface area (Å²) >= 11 is 0. The predicted molar refractivity (Wildman–Crippen MR) is 90.1 cm³/mol. The molecule has 2 N–H and O–H groups in total. The lowest BCUT2D eigenvalue weighted by molar-refractivity contribution is -0.356. The van der Waals surface area contributed by atoms with Gasteiger partial charge in [-0.05, 0) is 38.7 Å². The van der Waals surface area contributed by atoms with E-state index >= 15 is 0 Å². The van der Waals surface area contributed by atoms with Crippen molar-refractivity contribution in [3.8, 4) is 11.5 Å². The monoisotopic (exact) mass is 364 g/mol. The van der Waals surface area contributed by atoms with Gasteiger partial charge in [0.25, 0.3) is 0 Å². The molecule has 3 aliphatic rings. The van der Waals surface area contributed by atoms with E-state index in [0.717, 1.165) is 12.8 Å². The highest BCUT2D eigenvalue weighted by molar-refractivity contribution is 5.97. The number of benzene rings is 1. The van der Waals surface area contributed by atoms with Crippen LogP contribution < -0.4 is 4.74 Å². The molecule has 0 saturated carbocycles. The van der Waals surface area contributed by atoms with Gasteiger partial charge in [-0.1, -0.05) is 0 Å². The number of hydrogen-bond acceptors (Lipinski definition) is 7. The Balaban J connectivity index is 1.65. The number of aliphatic hydroxyl groups excluding tert-OH is 1. The zero-order chi connectivity index (χ0) is 18.5. The predicted octanol–water partition coefficient (Wildman–Crippen LogP) is 2.44. The minimum Gasteiger partial charge on any atom is -0.507 e. The van der Waals surface area contributed by atoms with Crippen molar-refractivity contribution in [3.05, 3.63) is 23.3 Å². The highest BCUT2D eigenvalue weighted by Gasteiger charge is 2.52. The Hall–Kier alpha value is -1.83. The number of cyclic esters (lactones) is 1. The van der Waals surface area contributed by atoms with Gasteiger partial charge in [-0.15, -0.1) is 0 Å². The van der Waals surface area contributed by atoms with Crippen LogP contribution in [-0.4, -0.2) is 47.4 Å². The standard InChI is InChI=1S/C19H24O7/c1-10-4-3-7-19(25-10)15(21)6-5-14(26-19)17-12-8-11(23-2)9-13(20)16(12)18(22)24-17/h8-10,14-15,17,20-21H,3-7H2,1-2H3/t10-,14+,15-,17-,19+/m0/s1. The van der Waals surface area contributed by atoms with Crippen LogP contribution in [0.5, 0.6) is 11.5 Å². The maximum absolute atomic E-state index is 12.3. The number of hydrogen-bond donors (Lipinski definition) is 2. The first-order chi connectivity index (χ1) is 12.4. The third kappa shape index (κ3) is 2.74. The maximum atomic E-state index is 12.3. The molecule has 0 aliphatic carbocycles. The molecule has 5 atom stereocenters. The van der Waals surface area contributed by atoms with Gasteiger partial charge in [0.15, 0.2) is 11.9 Å². The molecule has 4 rings (SSSR count). The van der Waals surface area contributed by atoms with Gasteiger partial charge in [0.1, 0.15) is 29.3 Å². The Labute approximate surface area is 151 Å². The summed E-state index contributed by atoms with van der Waals surface area (Å²) in [7, 11) is 1.49. The smallest absolute Gasteiger partial charge is 0.343 e. The fourth-order valence-corrected chi connectivity index (χ4v) is 4.28. The number of esters is 1. The summed E-state index contributed by atoms with van der Waals surface area (Å²) in [6.45, 7) is 1.97. The van der Waals surface area contributed by atoms with Crippen molar-refractivity contribution in [3.63, 3.8) is 0 Å². The Morgan fingerprint density at radius 2 is 2.04 bits per heavy atom. The molecule has 7 nitrogen and oxygen atoms in total. The largest absolute Gasteiger partial charge is 0.507 e. The van der Waals surface area contributed by atoms with Crippen LogP contribution in [-0.2, 0) is 14.2 Å². The van der Waals surface area contributed by atoms with E-state index in [1.807, 2.05) is 6.92 Å². The van der Waals surface area contributed by atoms with Crippen molar-refractivity contribution in [1.29, 1.82) is 0 Å². The molecule has 0 radical (unpaired) electrons. The molecule has 0 unspecified atom stereocenters. The van der Waals surface area contributed by atoms with Crippen LogP contribution in [0.1, 0.15) is 61.1 Å². The Morgan fingerprint density at radius 1 is 1.23 bits per heavy atom. The number of carbonyl (C=O) groups is 1. The van der Waals surface area contributed by atoms with Gasteiger partial charge in [-0.25, -0.2) is 4.79 Å². The molecule has 0 bridgehead atoms. The zero-order valence-electron chi connectivity index (χ0n) is 14.9. The van der Waals surface area contributed by atoms with E-state index in [9.17, 15) is 15.0 Å². The number of aromatic hydroxyl groups is 1. The number of rotatable bonds is 2. The number of phenolic OH excluding ortho intramolecular Hbond substituents is 1. The number of methoxy groups -OCH3 is 1. The molecular formula is C19H24O7. The van der Waals surface area contributed by atoms with Crippen LogP contribution in [0, 0.1) is 0 Å². The Morgan fingerprint density at radius 3 is 2.77 bits per heavy atom. The first kappa shape index (κ1) is 17.6. The fourth-order valence-electron chi connectivity index (χ4n) is 4.28. The molecular weight excluding hydrogens is 340 g/mol. The Bertz CT molecular complexity index is 718. The van der Waals surface area contributed by atoms with Gasteiger partial charge in [-0.2, -0.15) is 0 Å². The molecule has 3 aliphatic heterocycles. The third-order valence-electron chi connectivity index (χ3n) is 5.56. The summed E-state index contributed by atoms with van der Waals surface area (Å²) in [4.78, 5) is 12.3. The van der Waals surface area contributed by atoms with Crippen molar-refractivity contribution in [2.24, 2.45) is 0 Å². The van der Waals surface area contributed by atoms with Gasteiger partial charge in [0, 0.05) is 18.1 Å². The number of fused-ring (bicyclic) bond motifs is 1. The van der Waals surface area contributed by atoms with Gasteiger partial charge >= 0.3 is 5.97 Å². The number of ether oxygens (including phenoxy) is 4. The SMILES string of the molecule is COc1cc(O)c2c(c1)[C@@H]([C@H]1CC[C@H](O)[C@@]3(CCC[C@H](C)O3)O1)OC2=O. The summed E-state index contributed by atoms with van der Waals surface area (Å²) in [5.74, 6) is -1.36. The zero-order valence-corrected chi connectivity index (χ0v) is 14.9.